The van der Waals surface area contributed by atoms with Crippen molar-refractivity contribution in [2.75, 3.05) is 26.3 Å². The van der Waals surface area contributed by atoms with Crippen LogP contribution >= 0.6 is 0 Å². The molecular formula is C62H97N15O18. The lowest BCUT2D eigenvalue weighted by Gasteiger charge is -2.33. The average Bonchev–Trinajstić information content (AvgIpc) is 0.860. The number of hydrogen-bond donors (Lipinski definition) is 19. The maximum atomic E-state index is 15.4. The summed E-state index contributed by atoms with van der Waals surface area (Å²) in [6.07, 6.45) is -8.39. The first-order valence-corrected chi connectivity index (χ1v) is 31.4. The molecule has 1 aliphatic heterocycles. The van der Waals surface area contributed by atoms with Crippen molar-refractivity contribution in [1.29, 1.82) is 5.41 Å². The highest BCUT2D eigenvalue weighted by molar-refractivity contribution is 6.00. The number of esters is 1. The number of nitrogens with two attached hydrogens (primary N) is 3. The SMILES string of the molecule is CC[C@H](C)C1NC(=O)[C@@H](CCCNC(=N)N)NC(=O)[C@H](CC(C)C)NC(=O)[C@H]([C@H](O)C(C)C)NC(=O)[C@@H](NC(=O)[C@H](CC(C)C)NC(=O)[C@H](N)COCc2ccccc2)[C@@H](c2ccccc2)OC(=O)[C@H](CO)NC(=O)[C@H]([C@H](O)C(N)=O)NC(=O)CNC(=O)C([C@H](C)O)NC1=O. The molecule has 3 rings (SSSR count). The van der Waals surface area contributed by atoms with E-state index < -0.39 is 193 Å². The number of hydrogen-bond acceptors (Lipinski definition) is 20. The van der Waals surface area contributed by atoms with Gasteiger partial charge in [-0.3, -0.25) is 58.1 Å². The molecule has 33 nitrogen and oxygen atoms in total. The second-order valence-corrected chi connectivity index (χ2v) is 24.5. The highest BCUT2D eigenvalue weighted by Crippen LogP contribution is 2.25. The van der Waals surface area contributed by atoms with Crippen molar-refractivity contribution in [2.24, 2.45) is 40.9 Å². The van der Waals surface area contributed by atoms with Gasteiger partial charge in [-0.2, -0.15) is 0 Å². The average molecular weight is 1340 g/mol. The van der Waals surface area contributed by atoms with Gasteiger partial charge in [0.15, 0.2) is 24.2 Å². The minimum absolute atomic E-state index is 0.00759. The Morgan fingerprint density at radius 1 is 0.674 bits per heavy atom. The number of ether oxygens (including phenoxy) is 2. The summed E-state index contributed by atoms with van der Waals surface area (Å²) in [5, 5.41) is 78.4. The Kier molecular flexibility index (Phi) is 33.6. The van der Waals surface area contributed by atoms with Crippen molar-refractivity contribution in [3.05, 3.63) is 71.8 Å². The van der Waals surface area contributed by atoms with Crippen molar-refractivity contribution in [2.45, 2.75) is 186 Å². The third-order valence-electron chi connectivity index (χ3n) is 15.2. The largest absolute Gasteiger partial charge is 0.453 e. The maximum Gasteiger partial charge on any atom is 0.331 e. The minimum atomic E-state index is -2.59. The fraction of sp³-hybridized carbons (Fsp3) is 0.597. The molecule has 2 unspecified atom stereocenters. The topological polar surface area (TPSA) is 538 Å². The molecule has 11 amide bonds. The molecular weight excluding hydrogens is 1240 g/mol. The highest BCUT2D eigenvalue weighted by atomic mass is 16.5. The molecule has 0 spiro atoms. The fourth-order valence-corrected chi connectivity index (χ4v) is 9.61. The summed E-state index contributed by atoms with van der Waals surface area (Å²) in [4.78, 5) is 171. The van der Waals surface area contributed by atoms with Crippen LogP contribution in [0.1, 0.15) is 112 Å². The molecule has 22 N–H and O–H groups in total. The van der Waals surface area contributed by atoms with Crippen LogP contribution in [0.4, 0.5) is 0 Å². The van der Waals surface area contributed by atoms with E-state index in [-0.39, 0.29) is 63.3 Å². The Morgan fingerprint density at radius 2 is 1.23 bits per heavy atom. The van der Waals surface area contributed by atoms with E-state index in [1.54, 1.807) is 71.9 Å². The number of carbonyl (C=O) groups is 12. The first kappa shape index (κ1) is 80.3. The van der Waals surface area contributed by atoms with Gasteiger partial charge in [-0.1, -0.05) is 122 Å². The van der Waals surface area contributed by atoms with Gasteiger partial charge in [0.1, 0.15) is 54.4 Å². The number of benzene rings is 2. The molecule has 0 aromatic heterocycles. The smallest absolute Gasteiger partial charge is 0.331 e. The first-order chi connectivity index (χ1) is 44.7. The molecule has 15 atom stereocenters. The normalized spacial score (nSPS) is 23.9. The zero-order valence-electron chi connectivity index (χ0n) is 55.0. The maximum absolute atomic E-state index is 15.4. The summed E-state index contributed by atoms with van der Waals surface area (Å²) in [6.45, 7) is 11.4. The number of guanidine groups is 1. The number of cyclic esters (lactones) is 1. The standard InChI is InChI=1S/C62H97N15O18/c1-10-33(8)43-57(89)75-44(34(9)79)56(88)68-26-42(80)73-46(49(82)51(64)83)59(91)72-41(27-78)61(93)95-50(36-20-15-12-16-21-36)47(77-55(87)40(25-31(4)5)70-52(84)37(63)29-94-28-35-18-13-11-14-19-35)60(92)76-45(48(81)32(6)7)58(90)71-39(24-30(2)3)54(86)69-38(53(85)74-43)22-17-23-67-62(65)66/h11-16,18-21,30-34,37-41,43-50,78-79,81-82H,10,17,22-29,63H2,1-9H3,(H2,64,83)(H,68,88)(H,69,86)(H,70,84)(H,71,90)(H,72,91)(H,73,80)(H,74,85)(H,75,89)(H,76,92)(H,77,87)(H4,65,66,67)/t33-,34-,37+,38+,39-,40-,41-,43?,44?,45-,46-,47-,48+,49-,50+/m0/s1. The molecule has 0 bridgehead atoms. The summed E-state index contributed by atoms with van der Waals surface area (Å²) in [5.41, 5.74) is 17.8. The van der Waals surface area contributed by atoms with Gasteiger partial charge in [-0.25, -0.2) is 4.79 Å². The molecule has 528 valence electrons. The van der Waals surface area contributed by atoms with Crippen LogP contribution < -0.4 is 75.7 Å². The van der Waals surface area contributed by atoms with Gasteiger partial charge in [-0.05, 0) is 67.4 Å². The van der Waals surface area contributed by atoms with Crippen molar-refractivity contribution in [3.63, 3.8) is 0 Å². The zero-order chi connectivity index (χ0) is 71.4. The quantitative estimate of drug-likeness (QED) is 0.0191. The second-order valence-electron chi connectivity index (χ2n) is 24.5. The number of nitrogens with one attached hydrogen (secondary N) is 12. The molecule has 2 aromatic rings. The van der Waals surface area contributed by atoms with Gasteiger partial charge >= 0.3 is 5.97 Å². The van der Waals surface area contributed by atoms with Gasteiger partial charge in [-0.15, -0.1) is 0 Å². The summed E-state index contributed by atoms with van der Waals surface area (Å²) < 4.78 is 11.6. The fourth-order valence-electron chi connectivity index (χ4n) is 9.61. The Bertz CT molecular complexity index is 2930. The van der Waals surface area contributed by atoms with Crippen LogP contribution in [-0.4, -0.2) is 202 Å². The third-order valence-corrected chi connectivity index (χ3v) is 15.2. The Morgan fingerprint density at radius 3 is 1.79 bits per heavy atom. The van der Waals surface area contributed by atoms with E-state index in [1.807, 2.05) is 10.6 Å². The van der Waals surface area contributed by atoms with Crippen LogP contribution in [0.2, 0.25) is 0 Å². The Balaban J connectivity index is 2.38. The number of aliphatic hydroxyl groups is 4. The van der Waals surface area contributed by atoms with E-state index in [1.165, 1.54) is 44.2 Å². The molecule has 95 heavy (non-hydrogen) atoms. The van der Waals surface area contributed by atoms with Gasteiger partial charge in [0.25, 0.3) is 0 Å². The predicted octanol–water partition coefficient (Wildman–Crippen LogP) is -5.05. The second kappa shape index (κ2) is 39.7. The summed E-state index contributed by atoms with van der Waals surface area (Å²) in [7, 11) is 0. The third kappa shape index (κ3) is 26.4. The summed E-state index contributed by atoms with van der Waals surface area (Å²) >= 11 is 0. The van der Waals surface area contributed by atoms with Crippen LogP contribution in [0.3, 0.4) is 0 Å². The predicted molar refractivity (Wildman–Crippen MR) is 342 cm³/mol. The number of primary amides is 1. The Labute approximate surface area is 551 Å². The van der Waals surface area contributed by atoms with E-state index in [4.69, 9.17) is 32.1 Å². The number of rotatable bonds is 25. The number of amides is 11. The molecule has 1 fully saturated rings. The Hall–Kier alpha value is -8.89. The molecule has 1 saturated heterocycles. The molecule has 0 aliphatic carbocycles. The van der Waals surface area contributed by atoms with Crippen LogP contribution in [0.5, 0.6) is 0 Å². The first-order valence-electron chi connectivity index (χ1n) is 31.4. The van der Waals surface area contributed by atoms with E-state index in [0.717, 1.165) is 12.5 Å². The van der Waals surface area contributed by atoms with Gasteiger partial charge in [0, 0.05) is 6.54 Å². The minimum Gasteiger partial charge on any atom is -0.453 e. The lowest BCUT2D eigenvalue weighted by atomic mass is 9.95. The van der Waals surface area contributed by atoms with Crippen LogP contribution in [0.25, 0.3) is 0 Å². The van der Waals surface area contributed by atoms with E-state index >= 15 is 4.79 Å². The molecule has 1 heterocycles. The summed E-state index contributed by atoms with van der Waals surface area (Å²) in [6, 6.07) is -2.32. The number of aliphatic hydroxyl groups excluding tert-OH is 4. The molecule has 0 saturated carbocycles. The van der Waals surface area contributed by atoms with Crippen LogP contribution in [0, 0.1) is 29.1 Å². The van der Waals surface area contributed by atoms with Gasteiger partial charge in [0.05, 0.1) is 38.6 Å². The van der Waals surface area contributed by atoms with E-state index in [0.29, 0.717) is 0 Å². The molecule has 0 radical (unpaired) electrons. The van der Waals surface area contributed by atoms with Gasteiger partial charge in [0.2, 0.25) is 65.0 Å². The van der Waals surface area contributed by atoms with Gasteiger partial charge < -0.3 is 106 Å². The number of carbonyl (C=O) groups excluding carboxylic acids is 12. The lowest BCUT2D eigenvalue weighted by Crippen LogP contribution is -2.64. The van der Waals surface area contributed by atoms with Crippen molar-refractivity contribution in [3.8, 4) is 0 Å². The van der Waals surface area contributed by atoms with Crippen LogP contribution in [0.15, 0.2) is 60.7 Å². The van der Waals surface area contributed by atoms with Crippen LogP contribution in [-0.2, 0) is 73.6 Å². The zero-order valence-corrected chi connectivity index (χ0v) is 55.0. The molecule has 33 heteroatoms. The molecule has 2 aromatic carbocycles. The molecule has 1 aliphatic rings. The van der Waals surface area contributed by atoms with Crippen molar-refractivity contribution >= 4 is 76.9 Å². The van der Waals surface area contributed by atoms with Crippen molar-refractivity contribution in [1.82, 2.24) is 58.5 Å². The summed E-state index contributed by atoms with van der Waals surface area (Å²) in [5.74, 6) is -17.7. The monoisotopic (exact) mass is 1340 g/mol. The van der Waals surface area contributed by atoms with E-state index in [2.05, 4.69) is 47.9 Å². The highest BCUT2D eigenvalue weighted by Gasteiger charge is 2.44. The lowest BCUT2D eigenvalue weighted by molar-refractivity contribution is -0.159. The van der Waals surface area contributed by atoms with Crippen molar-refractivity contribution < 1.29 is 87.4 Å². The van der Waals surface area contributed by atoms with E-state index in [9.17, 15) is 73.2 Å².